The maximum Gasteiger partial charge on any atom is 0.410 e. The molecule has 7 heteroatoms. The molecule has 0 aliphatic carbocycles. The van der Waals surface area contributed by atoms with E-state index in [1.165, 1.54) is 0 Å². The molecule has 1 aliphatic rings. The molecule has 0 bridgehead atoms. The lowest BCUT2D eigenvalue weighted by Gasteiger charge is -2.33. The molecule has 1 saturated heterocycles. The monoisotopic (exact) mass is 424 g/mol. The first-order valence-electron chi connectivity index (χ1n) is 9.68. The molecule has 1 aliphatic heterocycles. The van der Waals surface area contributed by atoms with Gasteiger partial charge in [0.2, 0.25) is 5.89 Å². The highest BCUT2D eigenvalue weighted by Gasteiger charge is 2.30. The molecule has 1 aromatic heterocycles. The topological polar surface area (TPSA) is 55.6 Å². The minimum absolute atomic E-state index is 0.175. The van der Waals surface area contributed by atoms with Crippen molar-refractivity contribution >= 4 is 40.6 Å². The molecular formula is C21H29ClN2O3S. The zero-order valence-electron chi connectivity index (χ0n) is 17.5. The van der Waals surface area contributed by atoms with Gasteiger partial charge in [-0.1, -0.05) is 32.4 Å². The first-order valence-corrected chi connectivity index (χ1v) is 10.9. The van der Waals surface area contributed by atoms with Gasteiger partial charge in [-0.05, 0) is 45.7 Å². The average molecular weight is 425 g/mol. The predicted molar refractivity (Wildman–Crippen MR) is 114 cm³/mol. The van der Waals surface area contributed by atoms with Crippen LogP contribution in [0.5, 0.6) is 0 Å². The quantitative estimate of drug-likeness (QED) is 0.568. The van der Waals surface area contributed by atoms with Gasteiger partial charge >= 0.3 is 6.09 Å². The van der Waals surface area contributed by atoms with E-state index in [9.17, 15) is 4.79 Å². The number of amides is 1. The second-order valence-corrected chi connectivity index (χ2v) is 11.0. The first-order chi connectivity index (χ1) is 12.9. The molecule has 1 aromatic carbocycles. The number of benzene rings is 1. The lowest BCUT2D eigenvalue weighted by atomic mass is 9.97. The molecule has 1 unspecified atom stereocenters. The van der Waals surface area contributed by atoms with E-state index in [1.807, 2.05) is 32.9 Å². The van der Waals surface area contributed by atoms with Crippen LogP contribution in [0.25, 0.3) is 11.1 Å². The third-order valence-electron chi connectivity index (χ3n) is 4.42. The SMILES string of the molecule is CC(C)(C)OC(=O)N1CCCC(Sc2c(Cl)ccc3nc(C(C)(C)C)oc23)C1. The minimum atomic E-state index is -0.491. The number of rotatable bonds is 2. The Morgan fingerprint density at radius 1 is 1.29 bits per heavy atom. The van der Waals surface area contributed by atoms with Gasteiger partial charge in [-0.25, -0.2) is 9.78 Å². The van der Waals surface area contributed by atoms with Gasteiger partial charge in [0.1, 0.15) is 11.1 Å². The van der Waals surface area contributed by atoms with Crippen LogP contribution in [0, 0.1) is 0 Å². The van der Waals surface area contributed by atoms with Gasteiger partial charge in [-0.15, -0.1) is 11.8 Å². The van der Waals surface area contributed by atoms with Crippen LogP contribution in [-0.2, 0) is 10.2 Å². The second kappa shape index (κ2) is 7.79. The normalized spacial score (nSPS) is 18.5. The van der Waals surface area contributed by atoms with Crippen molar-refractivity contribution in [3.8, 4) is 0 Å². The zero-order chi connectivity index (χ0) is 20.7. The fraction of sp³-hybridized carbons (Fsp3) is 0.619. The van der Waals surface area contributed by atoms with Crippen LogP contribution >= 0.6 is 23.4 Å². The predicted octanol–water partition coefficient (Wildman–Crippen LogP) is 6.27. The lowest BCUT2D eigenvalue weighted by molar-refractivity contribution is 0.0220. The summed E-state index contributed by atoms with van der Waals surface area (Å²) in [5.74, 6) is 0.700. The summed E-state index contributed by atoms with van der Waals surface area (Å²) in [7, 11) is 0. The maximum absolute atomic E-state index is 12.4. The average Bonchev–Trinajstić information content (AvgIpc) is 3.01. The Kier molecular flexibility index (Phi) is 5.93. The van der Waals surface area contributed by atoms with E-state index >= 15 is 0 Å². The number of nitrogens with zero attached hydrogens (tertiary/aromatic N) is 2. The zero-order valence-corrected chi connectivity index (χ0v) is 19.0. The van der Waals surface area contributed by atoms with Gasteiger partial charge in [0.15, 0.2) is 5.58 Å². The van der Waals surface area contributed by atoms with E-state index in [4.69, 9.17) is 20.8 Å². The molecule has 2 aromatic rings. The summed E-state index contributed by atoms with van der Waals surface area (Å²) in [5.41, 5.74) is 0.884. The molecular weight excluding hydrogens is 396 g/mol. The number of hydrogen-bond acceptors (Lipinski definition) is 5. The number of carbonyl (C=O) groups is 1. The van der Waals surface area contributed by atoms with Gasteiger partial charge < -0.3 is 14.1 Å². The highest BCUT2D eigenvalue weighted by molar-refractivity contribution is 8.00. The highest BCUT2D eigenvalue weighted by Crippen LogP contribution is 2.40. The largest absolute Gasteiger partial charge is 0.444 e. The number of thioether (sulfide) groups is 1. The highest BCUT2D eigenvalue weighted by atomic mass is 35.5. The Morgan fingerprint density at radius 2 is 2.00 bits per heavy atom. The van der Waals surface area contributed by atoms with Crippen molar-refractivity contribution in [3.05, 3.63) is 23.0 Å². The molecule has 1 atom stereocenters. The summed E-state index contributed by atoms with van der Waals surface area (Å²) in [6, 6.07) is 3.77. The van der Waals surface area contributed by atoms with Crippen molar-refractivity contribution in [2.24, 2.45) is 0 Å². The molecule has 1 fully saturated rings. The summed E-state index contributed by atoms with van der Waals surface area (Å²) in [5, 5.41) is 0.885. The molecule has 3 rings (SSSR count). The molecule has 5 nitrogen and oxygen atoms in total. The van der Waals surface area contributed by atoms with Crippen molar-refractivity contribution < 1.29 is 13.9 Å². The van der Waals surface area contributed by atoms with Gasteiger partial charge in [-0.3, -0.25) is 0 Å². The van der Waals surface area contributed by atoms with E-state index < -0.39 is 5.60 Å². The minimum Gasteiger partial charge on any atom is -0.444 e. The Bertz CT molecular complexity index is 867. The van der Waals surface area contributed by atoms with E-state index in [2.05, 4.69) is 25.8 Å². The number of likely N-dealkylation sites (tertiary alicyclic amines) is 1. The van der Waals surface area contributed by atoms with Crippen molar-refractivity contribution in [2.75, 3.05) is 13.1 Å². The Morgan fingerprint density at radius 3 is 2.64 bits per heavy atom. The van der Waals surface area contributed by atoms with Crippen LogP contribution in [0.2, 0.25) is 5.02 Å². The maximum atomic E-state index is 12.4. The van der Waals surface area contributed by atoms with E-state index in [1.54, 1.807) is 16.7 Å². The van der Waals surface area contributed by atoms with Crippen LogP contribution in [0.15, 0.2) is 21.4 Å². The number of carbonyl (C=O) groups excluding carboxylic acids is 1. The van der Waals surface area contributed by atoms with Crippen molar-refractivity contribution in [2.45, 2.75) is 75.5 Å². The van der Waals surface area contributed by atoms with Crippen LogP contribution < -0.4 is 0 Å². The van der Waals surface area contributed by atoms with E-state index in [-0.39, 0.29) is 16.8 Å². The van der Waals surface area contributed by atoms with Crippen molar-refractivity contribution in [1.29, 1.82) is 0 Å². The third-order valence-corrected chi connectivity index (χ3v) is 6.21. The van der Waals surface area contributed by atoms with Crippen LogP contribution in [0.1, 0.15) is 60.3 Å². The molecule has 0 saturated carbocycles. The summed E-state index contributed by atoms with van der Waals surface area (Å²) in [6.45, 7) is 13.2. The molecule has 0 radical (unpaired) electrons. The van der Waals surface area contributed by atoms with Crippen LogP contribution in [0.4, 0.5) is 4.79 Å². The summed E-state index contributed by atoms with van der Waals surface area (Å²) >= 11 is 8.19. The molecule has 2 heterocycles. The third kappa shape index (κ3) is 4.95. The van der Waals surface area contributed by atoms with Crippen LogP contribution in [0.3, 0.4) is 0 Å². The smallest absolute Gasteiger partial charge is 0.410 e. The molecule has 0 spiro atoms. The summed E-state index contributed by atoms with van der Waals surface area (Å²) in [4.78, 5) is 19.8. The number of hydrogen-bond donors (Lipinski definition) is 0. The molecule has 28 heavy (non-hydrogen) atoms. The van der Waals surface area contributed by atoms with Gasteiger partial charge in [0, 0.05) is 23.8 Å². The van der Waals surface area contributed by atoms with Gasteiger partial charge in [0.25, 0.3) is 0 Å². The first kappa shape index (κ1) is 21.3. The summed E-state index contributed by atoms with van der Waals surface area (Å²) < 4.78 is 11.6. The number of aromatic nitrogens is 1. The fourth-order valence-electron chi connectivity index (χ4n) is 3.07. The Hall–Kier alpha value is -1.40. The van der Waals surface area contributed by atoms with Crippen molar-refractivity contribution in [3.63, 3.8) is 0 Å². The van der Waals surface area contributed by atoms with E-state index in [0.29, 0.717) is 17.5 Å². The van der Waals surface area contributed by atoms with Gasteiger partial charge in [0.05, 0.1) is 9.92 Å². The number of fused-ring (bicyclic) bond motifs is 1. The lowest BCUT2D eigenvalue weighted by Crippen LogP contribution is -2.43. The number of piperidine rings is 1. The van der Waals surface area contributed by atoms with Crippen LogP contribution in [-0.4, -0.2) is 39.9 Å². The summed E-state index contributed by atoms with van der Waals surface area (Å²) in [6.07, 6.45) is 1.70. The molecule has 0 N–H and O–H groups in total. The van der Waals surface area contributed by atoms with Gasteiger partial charge in [-0.2, -0.15) is 0 Å². The second-order valence-electron chi connectivity index (χ2n) is 9.30. The Balaban J connectivity index is 1.81. The standard InChI is InChI=1S/C21H29ClN2O3S/c1-20(2,3)18-23-15-10-9-14(22)17(16(15)26-18)28-13-8-7-11-24(12-13)19(25)27-21(4,5)6/h9-10,13H,7-8,11-12H2,1-6H3. The number of oxazole rings is 1. The molecule has 154 valence electrons. The fourth-order valence-corrected chi connectivity index (χ4v) is 4.66. The molecule has 1 amide bonds. The van der Waals surface area contributed by atoms with E-state index in [0.717, 1.165) is 35.4 Å². The Labute approximate surface area is 176 Å². The number of ether oxygens (including phenoxy) is 1. The number of halogens is 1. The van der Waals surface area contributed by atoms with Crippen molar-refractivity contribution in [1.82, 2.24) is 9.88 Å².